The summed E-state index contributed by atoms with van der Waals surface area (Å²) in [4.78, 5) is 16.6. The normalized spacial score (nSPS) is 14.1. The van der Waals surface area contributed by atoms with Crippen LogP contribution < -0.4 is 14.4 Å². The molecule has 0 aromatic heterocycles. The molecule has 1 fully saturated rings. The first kappa shape index (κ1) is 24.4. The van der Waals surface area contributed by atoms with Gasteiger partial charge in [0, 0.05) is 47.0 Å². The van der Waals surface area contributed by atoms with Crippen LogP contribution in [0.2, 0.25) is 5.02 Å². The molecule has 1 heterocycles. The second kappa shape index (κ2) is 10.7. The fourth-order valence-corrected chi connectivity index (χ4v) is 5.08. The number of carbonyl (C=O) groups is 1. The molecule has 0 unspecified atom stereocenters. The van der Waals surface area contributed by atoms with Crippen molar-refractivity contribution in [2.75, 3.05) is 42.4 Å². The minimum absolute atomic E-state index is 0.103. The largest absolute Gasteiger partial charge is 0.484 e. The lowest BCUT2D eigenvalue weighted by molar-refractivity contribution is -0.133. The number of hydrogen-bond acceptors (Lipinski definition) is 5. The Labute approximate surface area is 212 Å². The van der Waals surface area contributed by atoms with E-state index in [2.05, 4.69) is 25.6 Å². The van der Waals surface area contributed by atoms with Gasteiger partial charge < -0.3 is 14.5 Å². The standard InChI is InChI=1S/C24H23BrClN3O4S/c25-18-4-6-20(7-5-18)27-34(31,32)23-10-8-22(9-11-23)33-17-24(30)29-14-12-28(13-15-29)21-3-1-2-19(26)16-21/h1-11,16,27H,12-15,17H2. The molecule has 0 atom stereocenters. The summed E-state index contributed by atoms with van der Waals surface area (Å²) in [6.07, 6.45) is 0. The number of ether oxygens (including phenoxy) is 1. The second-order valence-corrected chi connectivity index (χ2v) is 10.8. The molecule has 0 spiro atoms. The van der Waals surface area contributed by atoms with Gasteiger partial charge in [-0.2, -0.15) is 0 Å². The number of halogens is 2. The first-order chi connectivity index (χ1) is 16.3. The van der Waals surface area contributed by atoms with Gasteiger partial charge in [-0.3, -0.25) is 9.52 Å². The van der Waals surface area contributed by atoms with Gasteiger partial charge in [0.25, 0.3) is 15.9 Å². The van der Waals surface area contributed by atoms with E-state index < -0.39 is 10.0 Å². The molecule has 3 aromatic carbocycles. The van der Waals surface area contributed by atoms with Gasteiger partial charge in [0.2, 0.25) is 0 Å². The highest BCUT2D eigenvalue weighted by molar-refractivity contribution is 9.10. The number of hydrogen-bond donors (Lipinski definition) is 1. The monoisotopic (exact) mass is 563 g/mol. The molecule has 1 N–H and O–H groups in total. The number of nitrogens with one attached hydrogen (secondary N) is 1. The van der Waals surface area contributed by atoms with E-state index in [9.17, 15) is 13.2 Å². The molecule has 178 valence electrons. The quantitative estimate of drug-likeness (QED) is 0.453. The van der Waals surface area contributed by atoms with Gasteiger partial charge in [-0.25, -0.2) is 8.42 Å². The number of amides is 1. The Kier molecular flexibility index (Phi) is 7.65. The molecule has 1 aliphatic rings. The Morgan fingerprint density at radius 3 is 2.29 bits per heavy atom. The molecule has 1 amide bonds. The molecular weight excluding hydrogens is 542 g/mol. The smallest absolute Gasteiger partial charge is 0.261 e. The van der Waals surface area contributed by atoms with Crippen molar-refractivity contribution in [2.45, 2.75) is 4.90 Å². The van der Waals surface area contributed by atoms with Crippen LogP contribution in [0.4, 0.5) is 11.4 Å². The Bertz CT molecular complexity index is 1250. The van der Waals surface area contributed by atoms with Crippen LogP contribution in [-0.4, -0.2) is 52.0 Å². The minimum atomic E-state index is -3.73. The Morgan fingerprint density at radius 2 is 1.65 bits per heavy atom. The summed E-state index contributed by atoms with van der Waals surface area (Å²) >= 11 is 9.39. The summed E-state index contributed by atoms with van der Waals surface area (Å²) in [5.74, 6) is 0.313. The molecule has 3 aromatic rings. The molecule has 7 nitrogen and oxygen atoms in total. The van der Waals surface area contributed by atoms with Crippen LogP contribution in [-0.2, 0) is 14.8 Å². The fourth-order valence-electron chi connectivity index (χ4n) is 3.57. The molecule has 1 saturated heterocycles. The predicted molar refractivity (Wildman–Crippen MR) is 137 cm³/mol. The zero-order chi connectivity index (χ0) is 24.1. The van der Waals surface area contributed by atoms with Crippen LogP contribution in [0.15, 0.2) is 82.2 Å². The lowest BCUT2D eigenvalue weighted by Crippen LogP contribution is -2.50. The van der Waals surface area contributed by atoms with Crippen molar-refractivity contribution >= 4 is 54.8 Å². The number of anilines is 2. The molecule has 0 aliphatic carbocycles. The zero-order valence-electron chi connectivity index (χ0n) is 18.2. The fraction of sp³-hybridized carbons (Fsp3) is 0.208. The lowest BCUT2D eigenvalue weighted by atomic mass is 10.2. The van der Waals surface area contributed by atoms with Crippen molar-refractivity contribution < 1.29 is 17.9 Å². The molecule has 0 bridgehead atoms. The summed E-state index contributed by atoms with van der Waals surface area (Å²) in [5, 5.41) is 0.687. The van der Waals surface area contributed by atoms with E-state index in [0.29, 0.717) is 42.6 Å². The maximum Gasteiger partial charge on any atom is 0.261 e. The number of rotatable bonds is 7. The highest BCUT2D eigenvalue weighted by Crippen LogP contribution is 2.22. The first-order valence-corrected chi connectivity index (χ1v) is 13.3. The van der Waals surface area contributed by atoms with Gasteiger partial charge in [0.1, 0.15) is 5.75 Å². The number of benzene rings is 3. The van der Waals surface area contributed by atoms with Crippen molar-refractivity contribution in [1.82, 2.24) is 4.90 Å². The maximum absolute atomic E-state index is 12.6. The highest BCUT2D eigenvalue weighted by Gasteiger charge is 2.22. The van der Waals surface area contributed by atoms with E-state index in [0.717, 1.165) is 10.2 Å². The molecule has 10 heteroatoms. The summed E-state index contributed by atoms with van der Waals surface area (Å²) < 4.78 is 34.2. The number of piperazine rings is 1. The van der Waals surface area contributed by atoms with Crippen molar-refractivity contribution in [3.63, 3.8) is 0 Å². The van der Waals surface area contributed by atoms with Crippen molar-refractivity contribution in [3.05, 3.63) is 82.3 Å². The summed E-state index contributed by atoms with van der Waals surface area (Å²) in [7, 11) is -3.73. The maximum atomic E-state index is 12.6. The van der Waals surface area contributed by atoms with Crippen molar-refractivity contribution in [2.24, 2.45) is 0 Å². The number of carbonyl (C=O) groups excluding carboxylic acids is 1. The van der Waals surface area contributed by atoms with Crippen LogP contribution in [0, 0.1) is 0 Å². The minimum Gasteiger partial charge on any atom is -0.484 e. The molecular formula is C24H23BrClN3O4S. The third kappa shape index (κ3) is 6.22. The zero-order valence-corrected chi connectivity index (χ0v) is 21.3. The van der Waals surface area contributed by atoms with Gasteiger partial charge in [-0.05, 0) is 66.7 Å². The van der Waals surface area contributed by atoms with Crippen LogP contribution >= 0.6 is 27.5 Å². The Balaban J connectivity index is 1.28. The van der Waals surface area contributed by atoms with Crippen LogP contribution in [0.5, 0.6) is 5.75 Å². The van der Waals surface area contributed by atoms with Crippen molar-refractivity contribution in [1.29, 1.82) is 0 Å². The Morgan fingerprint density at radius 1 is 0.971 bits per heavy atom. The van der Waals surface area contributed by atoms with E-state index in [1.165, 1.54) is 12.1 Å². The van der Waals surface area contributed by atoms with Gasteiger partial charge >= 0.3 is 0 Å². The SMILES string of the molecule is O=C(COc1ccc(S(=O)(=O)Nc2ccc(Br)cc2)cc1)N1CCN(c2cccc(Cl)c2)CC1. The van der Waals surface area contributed by atoms with E-state index in [-0.39, 0.29) is 17.4 Å². The second-order valence-electron chi connectivity index (χ2n) is 7.72. The van der Waals surface area contributed by atoms with Gasteiger partial charge in [-0.1, -0.05) is 33.6 Å². The summed E-state index contributed by atoms with van der Waals surface area (Å²) in [6.45, 7) is 2.50. The summed E-state index contributed by atoms with van der Waals surface area (Å²) in [6, 6.07) is 20.5. The van der Waals surface area contributed by atoms with Crippen LogP contribution in [0.1, 0.15) is 0 Å². The highest BCUT2D eigenvalue weighted by atomic mass is 79.9. The van der Waals surface area contributed by atoms with Gasteiger partial charge in [0.15, 0.2) is 6.61 Å². The first-order valence-electron chi connectivity index (χ1n) is 10.6. The van der Waals surface area contributed by atoms with E-state index >= 15 is 0 Å². The number of sulfonamides is 1. The van der Waals surface area contributed by atoms with Crippen molar-refractivity contribution in [3.8, 4) is 5.75 Å². The molecule has 0 saturated carbocycles. The molecule has 4 rings (SSSR count). The number of nitrogens with zero attached hydrogens (tertiary/aromatic N) is 2. The topological polar surface area (TPSA) is 78.9 Å². The van der Waals surface area contributed by atoms with Crippen LogP contribution in [0.3, 0.4) is 0 Å². The van der Waals surface area contributed by atoms with Gasteiger partial charge in [-0.15, -0.1) is 0 Å². The van der Waals surface area contributed by atoms with Crippen LogP contribution in [0.25, 0.3) is 0 Å². The van der Waals surface area contributed by atoms with E-state index in [4.69, 9.17) is 16.3 Å². The molecule has 0 radical (unpaired) electrons. The Hall–Kier alpha value is -2.75. The molecule has 34 heavy (non-hydrogen) atoms. The lowest BCUT2D eigenvalue weighted by Gasteiger charge is -2.36. The predicted octanol–water partition coefficient (Wildman–Crippen LogP) is 4.63. The average Bonchev–Trinajstić information content (AvgIpc) is 2.84. The van der Waals surface area contributed by atoms with Gasteiger partial charge in [0.05, 0.1) is 4.90 Å². The third-order valence-corrected chi connectivity index (χ3v) is 7.56. The average molecular weight is 565 g/mol. The van der Waals surface area contributed by atoms with E-state index in [1.54, 1.807) is 41.3 Å². The summed E-state index contributed by atoms with van der Waals surface area (Å²) in [5.41, 5.74) is 1.50. The molecule has 1 aliphatic heterocycles. The van der Waals surface area contributed by atoms with E-state index in [1.807, 2.05) is 24.3 Å². The third-order valence-electron chi connectivity index (χ3n) is 5.40.